The standard InChI is InChI=1S/C22H35BrN2O3S2/c1-4-29-22(30-5-2)18-10-9-12-25(18)21(26)16-14-19(27-3)20(15-17(16)24)28-13-8-6-7-11-23/h14-15,18,22H,4-13,24H2,1-3H3/t18-/m0/s1. The average molecular weight is 520 g/mol. The van der Waals surface area contributed by atoms with Gasteiger partial charge < -0.3 is 20.1 Å². The van der Waals surface area contributed by atoms with Crippen LogP contribution in [0.2, 0.25) is 0 Å². The summed E-state index contributed by atoms with van der Waals surface area (Å²) >= 11 is 7.31. The zero-order valence-electron chi connectivity index (χ0n) is 18.3. The molecule has 2 rings (SSSR count). The molecular formula is C22H35BrN2O3S2. The molecule has 1 amide bonds. The topological polar surface area (TPSA) is 64.8 Å². The number of rotatable bonds is 13. The average Bonchev–Trinajstić information content (AvgIpc) is 3.23. The molecule has 0 radical (unpaired) electrons. The van der Waals surface area contributed by atoms with Crippen LogP contribution in [0.3, 0.4) is 0 Å². The Balaban J connectivity index is 2.16. The molecule has 8 heteroatoms. The highest BCUT2D eigenvalue weighted by Gasteiger charge is 2.36. The Morgan fingerprint density at radius 3 is 2.60 bits per heavy atom. The first-order chi connectivity index (χ1) is 14.6. The van der Waals surface area contributed by atoms with Gasteiger partial charge in [0.25, 0.3) is 5.91 Å². The van der Waals surface area contributed by atoms with Gasteiger partial charge in [0.2, 0.25) is 0 Å². The molecule has 2 N–H and O–H groups in total. The van der Waals surface area contributed by atoms with Crippen molar-refractivity contribution in [3.05, 3.63) is 17.7 Å². The first-order valence-corrected chi connectivity index (χ1v) is 14.0. The Labute approximate surface area is 198 Å². The van der Waals surface area contributed by atoms with Crippen molar-refractivity contribution >= 4 is 51.0 Å². The third-order valence-electron chi connectivity index (χ3n) is 5.14. The Morgan fingerprint density at radius 1 is 1.23 bits per heavy atom. The molecule has 30 heavy (non-hydrogen) atoms. The van der Waals surface area contributed by atoms with Gasteiger partial charge in [-0.25, -0.2) is 0 Å². The van der Waals surface area contributed by atoms with Gasteiger partial charge in [-0.3, -0.25) is 4.79 Å². The summed E-state index contributed by atoms with van der Waals surface area (Å²) in [4.78, 5) is 15.4. The third kappa shape index (κ3) is 6.89. The molecule has 1 heterocycles. The molecule has 1 fully saturated rings. The maximum absolute atomic E-state index is 13.4. The second-order valence-corrected chi connectivity index (χ2v) is 11.1. The number of carbonyl (C=O) groups is 1. The van der Waals surface area contributed by atoms with Crippen LogP contribution in [0.5, 0.6) is 11.5 Å². The van der Waals surface area contributed by atoms with E-state index in [0.717, 1.165) is 55.5 Å². The van der Waals surface area contributed by atoms with Gasteiger partial charge in [0, 0.05) is 23.6 Å². The molecular weight excluding hydrogens is 484 g/mol. The highest BCUT2D eigenvalue weighted by Crippen LogP contribution is 2.38. The second kappa shape index (κ2) is 13.6. The number of methoxy groups -OCH3 is 1. The first-order valence-electron chi connectivity index (χ1n) is 10.8. The van der Waals surface area contributed by atoms with Crippen LogP contribution < -0.4 is 15.2 Å². The fraction of sp³-hybridized carbons (Fsp3) is 0.682. The van der Waals surface area contributed by atoms with Crippen molar-refractivity contribution in [2.45, 2.75) is 56.6 Å². The number of halogens is 1. The lowest BCUT2D eigenvalue weighted by Crippen LogP contribution is -2.41. The predicted octanol–water partition coefficient (Wildman–Crippen LogP) is 5.66. The minimum Gasteiger partial charge on any atom is -0.493 e. The molecule has 170 valence electrons. The molecule has 0 aliphatic carbocycles. The molecule has 1 aliphatic rings. The van der Waals surface area contributed by atoms with Crippen LogP contribution in [0.4, 0.5) is 5.69 Å². The smallest absolute Gasteiger partial charge is 0.256 e. The number of unbranched alkanes of at least 4 members (excludes halogenated alkanes) is 2. The van der Waals surface area contributed by atoms with E-state index in [4.69, 9.17) is 15.2 Å². The lowest BCUT2D eigenvalue weighted by Gasteiger charge is -2.31. The molecule has 0 bridgehead atoms. The largest absolute Gasteiger partial charge is 0.493 e. The number of alkyl halides is 1. The summed E-state index contributed by atoms with van der Waals surface area (Å²) in [5.41, 5.74) is 7.26. The number of nitrogen functional groups attached to an aromatic ring is 1. The normalized spacial score (nSPS) is 16.3. The zero-order chi connectivity index (χ0) is 21.9. The molecule has 5 nitrogen and oxygen atoms in total. The van der Waals surface area contributed by atoms with Gasteiger partial charge in [-0.15, -0.1) is 23.5 Å². The van der Waals surface area contributed by atoms with Gasteiger partial charge in [0.1, 0.15) is 0 Å². The summed E-state index contributed by atoms with van der Waals surface area (Å²) < 4.78 is 11.8. The van der Waals surface area contributed by atoms with Crippen molar-refractivity contribution in [1.82, 2.24) is 4.90 Å². The van der Waals surface area contributed by atoms with E-state index in [0.29, 0.717) is 33.9 Å². The number of likely N-dealkylation sites (tertiary alicyclic amines) is 1. The summed E-state index contributed by atoms with van der Waals surface area (Å²) in [5.74, 6) is 3.26. The quantitative estimate of drug-likeness (QED) is 0.157. The monoisotopic (exact) mass is 518 g/mol. The predicted molar refractivity (Wildman–Crippen MR) is 135 cm³/mol. The van der Waals surface area contributed by atoms with Crippen molar-refractivity contribution < 1.29 is 14.3 Å². The number of nitrogens with two attached hydrogens (primary N) is 1. The van der Waals surface area contributed by atoms with E-state index in [1.165, 1.54) is 0 Å². The number of anilines is 1. The lowest BCUT2D eigenvalue weighted by molar-refractivity contribution is 0.0746. The number of thioether (sulfide) groups is 2. The molecule has 1 aromatic carbocycles. The molecule has 0 unspecified atom stereocenters. The molecule has 0 saturated carbocycles. The summed E-state index contributed by atoms with van der Waals surface area (Å²) in [6.45, 7) is 5.74. The fourth-order valence-electron chi connectivity index (χ4n) is 3.67. The van der Waals surface area contributed by atoms with Gasteiger partial charge in [-0.05, 0) is 49.7 Å². The Bertz CT molecular complexity index is 672. The number of ether oxygens (including phenoxy) is 2. The van der Waals surface area contributed by atoms with Crippen LogP contribution in [0.1, 0.15) is 56.3 Å². The van der Waals surface area contributed by atoms with E-state index in [1.54, 1.807) is 19.2 Å². The van der Waals surface area contributed by atoms with E-state index in [-0.39, 0.29) is 11.9 Å². The second-order valence-electron chi connectivity index (χ2n) is 7.18. The van der Waals surface area contributed by atoms with Crippen LogP contribution >= 0.6 is 39.5 Å². The van der Waals surface area contributed by atoms with Crippen molar-refractivity contribution in [3.63, 3.8) is 0 Å². The summed E-state index contributed by atoms with van der Waals surface area (Å²) in [7, 11) is 1.60. The maximum atomic E-state index is 13.4. The summed E-state index contributed by atoms with van der Waals surface area (Å²) in [5, 5.41) is 1.01. The minimum absolute atomic E-state index is 0.00410. The highest BCUT2D eigenvalue weighted by atomic mass is 79.9. The van der Waals surface area contributed by atoms with Crippen molar-refractivity contribution in [3.8, 4) is 11.5 Å². The van der Waals surface area contributed by atoms with Gasteiger partial charge in [-0.2, -0.15) is 0 Å². The van der Waals surface area contributed by atoms with E-state index in [2.05, 4.69) is 29.8 Å². The third-order valence-corrected chi connectivity index (χ3v) is 8.47. The number of carbonyl (C=O) groups excluding carboxylic acids is 1. The molecule has 1 atom stereocenters. The number of nitrogens with zero attached hydrogens (tertiary/aromatic N) is 1. The zero-order valence-corrected chi connectivity index (χ0v) is 21.5. The lowest BCUT2D eigenvalue weighted by atomic mass is 10.1. The van der Waals surface area contributed by atoms with Gasteiger partial charge in [0.05, 0.1) is 29.9 Å². The molecule has 0 aromatic heterocycles. The van der Waals surface area contributed by atoms with Gasteiger partial charge in [-0.1, -0.05) is 29.8 Å². The Hall–Kier alpha value is -0.730. The van der Waals surface area contributed by atoms with Crippen molar-refractivity contribution in [2.75, 3.05) is 42.8 Å². The van der Waals surface area contributed by atoms with Crippen molar-refractivity contribution in [2.24, 2.45) is 0 Å². The van der Waals surface area contributed by atoms with Crippen LogP contribution in [-0.2, 0) is 0 Å². The van der Waals surface area contributed by atoms with Gasteiger partial charge in [0.15, 0.2) is 11.5 Å². The van der Waals surface area contributed by atoms with Crippen LogP contribution in [0, 0.1) is 0 Å². The van der Waals surface area contributed by atoms with Crippen LogP contribution in [0.25, 0.3) is 0 Å². The van der Waals surface area contributed by atoms with E-state index in [9.17, 15) is 4.79 Å². The molecule has 1 aliphatic heterocycles. The van der Waals surface area contributed by atoms with Gasteiger partial charge >= 0.3 is 0 Å². The summed E-state index contributed by atoms with van der Waals surface area (Å²) in [6.07, 6.45) is 5.27. The van der Waals surface area contributed by atoms with E-state index >= 15 is 0 Å². The SMILES string of the molecule is CCSC(SCC)[C@@H]1CCCN1C(=O)c1cc(OC)c(OCCCCCBr)cc1N. The fourth-order valence-corrected chi connectivity index (χ4v) is 6.94. The highest BCUT2D eigenvalue weighted by molar-refractivity contribution is 9.09. The number of hydrogen-bond acceptors (Lipinski definition) is 6. The maximum Gasteiger partial charge on any atom is 0.256 e. The Morgan fingerprint density at radius 2 is 1.97 bits per heavy atom. The molecule has 1 aromatic rings. The van der Waals surface area contributed by atoms with Crippen LogP contribution in [-0.4, -0.2) is 58.5 Å². The minimum atomic E-state index is -0.00410. The summed E-state index contributed by atoms with van der Waals surface area (Å²) in [6, 6.07) is 3.72. The molecule has 0 spiro atoms. The number of benzene rings is 1. The first kappa shape index (κ1) is 25.5. The number of amides is 1. The van der Waals surface area contributed by atoms with Crippen molar-refractivity contribution in [1.29, 1.82) is 0 Å². The van der Waals surface area contributed by atoms with E-state index in [1.807, 2.05) is 28.4 Å². The molecule has 1 saturated heterocycles. The van der Waals surface area contributed by atoms with Crippen LogP contribution in [0.15, 0.2) is 12.1 Å². The Kier molecular flexibility index (Phi) is 11.6. The van der Waals surface area contributed by atoms with E-state index < -0.39 is 0 Å². The number of hydrogen-bond donors (Lipinski definition) is 1.